The first-order chi connectivity index (χ1) is 13.6. The van der Waals surface area contributed by atoms with Gasteiger partial charge < -0.3 is 10.2 Å². The zero-order valence-electron chi connectivity index (χ0n) is 15.5. The van der Waals surface area contributed by atoms with Gasteiger partial charge >= 0.3 is 6.18 Å². The van der Waals surface area contributed by atoms with Crippen LogP contribution >= 0.6 is 23.4 Å². The molecule has 0 atom stereocenters. The summed E-state index contributed by atoms with van der Waals surface area (Å²) in [7, 11) is 1.98. The molecule has 1 aliphatic heterocycles. The summed E-state index contributed by atoms with van der Waals surface area (Å²) in [6, 6.07) is 7.21. The minimum absolute atomic E-state index is 0.0739. The maximum Gasteiger partial charge on any atom is 0.419 e. The molecular weight excluding hydrogens is 428 g/mol. The van der Waals surface area contributed by atoms with E-state index in [0.717, 1.165) is 44.1 Å². The Bertz CT molecular complexity index is 899. The molecule has 0 spiro atoms. The van der Waals surface area contributed by atoms with Crippen LogP contribution in [0.15, 0.2) is 41.3 Å². The van der Waals surface area contributed by atoms with E-state index < -0.39 is 23.5 Å². The Morgan fingerprint density at radius 3 is 2.52 bits per heavy atom. The molecule has 0 aromatic heterocycles. The summed E-state index contributed by atoms with van der Waals surface area (Å²) in [4.78, 5) is 14.7. The fourth-order valence-corrected chi connectivity index (χ4v) is 4.73. The van der Waals surface area contributed by atoms with Gasteiger partial charge in [0, 0.05) is 10.1 Å². The summed E-state index contributed by atoms with van der Waals surface area (Å²) in [5.74, 6) is -1.47. The van der Waals surface area contributed by atoms with Gasteiger partial charge in [-0.15, -0.1) is 11.8 Å². The molecule has 0 radical (unpaired) electrons. The molecule has 0 unspecified atom stereocenters. The number of piperidine rings is 1. The zero-order chi connectivity index (χ0) is 21.2. The van der Waals surface area contributed by atoms with Gasteiger partial charge in [-0.05, 0) is 63.3 Å². The van der Waals surface area contributed by atoms with Crippen LogP contribution in [0.2, 0.25) is 5.02 Å². The summed E-state index contributed by atoms with van der Waals surface area (Å²) in [5.41, 5.74) is -1.33. The SMILES string of the molecule is CN1CCC(Sc2cccc(NC(=O)c3ccc(F)cc3Cl)c2C(F)(F)F)CC1. The Morgan fingerprint density at radius 1 is 1.21 bits per heavy atom. The van der Waals surface area contributed by atoms with Gasteiger partial charge in [-0.3, -0.25) is 4.79 Å². The first-order valence-electron chi connectivity index (χ1n) is 8.97. The predicted octanol–water partition coefficient (Wildman–Crippen LogP) is 5.94. The van der Waals surface area contributed by atoms with Crippen LogP contribution in [0.5, 0.6) is 0 Å². The van der Waals surface area contributed by atoms with Crippen molar-refractivity contribution in [1.82, 2.24) is 4.90 Å². The number of carbonyl (C=O) groups excluding carboxylic acids is 1. The number of carbonyl (C=O) groups is 1. The lowest BCUT2D eigenvalue weighted by atomic mass is 10.1. The van der Waals surface area contributed by atoms with Crippen molar-refractivity contribution < 1.29 is 22.4 Å². The minimum atomic E-state index is -4.65. The molecule has 0 saturated carbocycles. The van der Waals surface area contributed by atoms with Crippen molar-refractivity contribution in [3.8, 4) is 0 Å². The number of rotatable bonds is 4. The van der Waals surface area contributed by atoms with E-state index >= 15 is 0 Å². The third kappa shape index (κ3) is 5.43. The molecule has 1 N–H and O–H groups in total. The van der Waals surface area contributed by atoms with Crippen molar-refractivity contribution in [3.05, 3.63) is 58.4 Å². The topological polar surface area (TPSA) is 32.3 Å². The average molecular weight is 447 g/mol. The molecule has 1 fully saturated rings. The van der Waals surface area contributed by atoms with Crippen LogP contribution in [-0.4, -0.2) is 36.2 Å². The molecule has 1 amide bonds. The molecule has 9 heteroatoms. The first kappa shape index (κ1) is 21.9. The van der Waals surface area contributed by atoms with Gasteiger partial charge in [-0.1, -0.05) is 17.7 Å². The average Bonchev–Trinajstić information content (AvgIpc) is 2.62. The maximum absolute atomic E-state index is 13.9. The van der Waals surface area contributed by atoms with Gasteiger partial charge in [-0.2, -0.15) is 13.2 Å². The number of halogens is 5. The second-order valence-corrected chi connectivity index (χ2v) is 8.62. The standard InChI is InChI=1S/C20H19ClF4N2OS/c1-27-9-7-13(8-10-27)29-17-4-2-3-16(18(17)20(23,24)25)26-19(28)14-6-5-12(22)11-15(14)21/h2-6,11,13H,7-10H2,1H3,(H,26,28). The van der Waals surface area contributed by atoms with E-state index in [0.29, 0.717) is 0 Å². The molecule has 2 aromatic rings. The van der Waals surface area contributed by atoms with Crippen LogP contribution in [-0.2, 0) is 6.18 Å². The molecule has 3 rings (SSSR count). The molecule has 29 heavy (non-hydrogen) atoms. The number of alkyl halides is 3. The number of hydrogen-bond donors (Lipinski definition) is 1. The largest absolute Gasteiger partial charge is 0.419 e. The lowest BCUT2D eigenvalue weighted by molar-refractivity contribution is -0.139. The van der Waals surface area contributed by atoms with Crippen LogP contribution in [0.1, 0.15) is 28.8 Å². The fourth-order valence-electron chi connectivity index (χ4n) is 3.17. The summed E-state index contributed by atoms with van der Waals surface area (Å²) in [6.07, 6.45) is -3.06. The highest BCUT2D eigenvalue weighted by Crippen LogP contribution is 2.44. The highest BCUT2D eigenvalue weighted by Gasteiger charge is 2.37. The highest BCUT2D eigenvalue weighted by atomic mass is 35.5. The van der Waals surface area contributed by atoms with E-state index in [-0.39, 0.29) is 26.4 Å². The Labute approximate surface area is 175 Å². The predicted molar refractivity (Wildman–Crippen MR) is 107 cm³/mol. The molecule has 2 aromatic carbocycles. The second kappa shape index (κ2) is 8.93. The molecule has 0 bridgehead atoms. The van der Waals surface area contributed by atoms with Gasteiger partial charge in [0.1, 0.15) is 5.82 Å². The number of likely N-dealkylation sites (tertiary alicyclic amines) is 1. The molecule has 1 heterocycles. The zero-order valence-corrected chi connectivity index (χ0v) is 17.1. The number of benzene rings is 2. The number of anilines is 1. The second-order valence-electron chi connectivity index (χ2n) is 6.88. The van der Waals surface area contributed by atoms with Crippen molar-refractivity contribution in [2.75, 3.05) is 25.5 Å². The summed E-state index contributed by atoms with van der Waals surface area (Å²) in [6.45, 7) is 1.66. The first-order valence-corrected chi connectivity index (χ1v) is 10.2. The number of nitrogens with zero attached hydrogens (tertiary/aromatic N) is 1. The monoisotopic (exact) mass is 446 g/mol. The molecule has 0 aliphatic carbocycles. The maximum atomic E-state index is 13.9. The normalized spacial score (nSPS) is 16.1. The third-order valence-electron chi connectivity index (χ3n) is 4.69. The Morgan fingerprint density at radius 2 is 1.90 bits per heavy atom. The molecule has 156 valence electrons. The van der Waals surface area contributed by atoms with Crippen LogP contribution in [0, 0.1) is 5.82 Å². The van der Waals surface area contributed by atoms with Crippen molar-refractivity contribution in [1.29, 1.82) is 0 Å². The lowest BCUT2D eigenvalue weighted by Crippen LogP contribution is -2.31. The van der Waals surface area contributed by atoms with Gasteiger partial charge in [0.2, 0.25) is 0 Å². The van der Waals surface area contributed by atoms with Crippen molar-refractivity contribution in [2.45, 2.75) is 29.2 Å². The molecule has 1 aliphatic rings. The number of amides is 1. The Hall–Kier alpha value is -1.77. The van der Waals surface area contributed by atoms with Crippen LogP contribution < -0.4 is 5.32 Å². The fraction of sp³-hybridized carbons (Fsp3) is 0.350. The molecule has 3 nitrogen and oxygen atoms in total. The van der Waals surface area contributed by atoms with Crippen molar-refractivity contribution >= 4 is 35.0 Å². The van der Waals surface area contributed by atoms with Crippen LogP contribution in [0.3, 0.4) is 0 Å². The van der Waals surface area contributed by atoms with Crippen LogP contribution in [0.25, 0.3) is 0 Å². The lowest BCUT2D eigenvalue weighted by Gasteiger charge is -2.29. The van der Waals surface area contributed by atoms with Gasteiger partial charge in [0.05, 0.1) is 21.8 Å². The number of nitrogens with one attached hydrogen (secondary N) is 1. The highest BCUT2D eigenvalue weighted by molar-refractivity contribution is 8.00. The van der Waals surface area contributed by atoms with Gasteiger partial charge in [0.15, 0.2) is 0 Å². The quantitative estimate of drug-likeness (QED) is 0.590. The minimum Gasteiger partial charge on any atom is -0.321 e. The third-order valence-corrected chi connectivity index (χ3v) is 6.40. The van der Waals surface area contributed by atoms with E-state index in [4.69, 9.17) is 11.6 Å². The van der Waals surface area contributed by atoms with Gasteiger partial charge in [0.25, 0.3) is 5.91 Å². The van der Waals surface area contributed by atoms with E-state index in [2.05, 4.69) is 10.2 Å². The van der Waals surface area contributed by atoms with E-state index in [1.165, 1.54) is 30.0 Å². The van der Waals surface area contributed by atoms with Crippen LogP contribution in [0.4, 0.5) is 23.2 Å². The summed E-state index contributed by atoms with van der Waals surface area (Å²) in [5, 5.41) is 2.19. The Balaban J connectivity index is 1.89. The Kier molecular flexibility index (Phi) is 6.76. The number of thioether (sulfide) groups is 1. The van der Waals surface area contributed by atoms with E-state index in [1.54, 1.807) is 0 Å². The smallest absolute Gasteiger partial charge is 0.321 e. The van der Waals surface area contributed by atoms with E-state index in [9.17, 15) is 22.4 Å². The van der Waals surface area contributed by atoms with Crippen molar-refractivity contribution in [3.63, 3.8) is 0 Å². The summed E-state index contributed by atoms with van der Waals surface area (Å²) >= 11 is 7.05. The summed E-state index contributed by atoms with van der Waals surface area (Å²) < 4.78 is 54.8. The van der Waals surface area contributed by atoms with Gasteiger partial charge in [-0.25, -0.2) is 4.39 Å². The molecule has 1 saturated heterocycles. The molecular formula is C20H19ClF4N2OS. The van der Waals surface area contributed by atoms with E-state index in [1.807, 2.05) is 7.05 Å². The van der Waals surface area contributed by atoms with Crippen molar-refractivity contribution in [2.24, 2.45) is 0 Å². The number of hydrogen-bond acceptors (Lipinski definition) is 3.